The van der Waals surface area contributed by atoms with Gasteiger partial charge >= 0.3 is 0 Å². The molecule has 0 saturated carbocycles. The van der Waals surface area contributed by atoms with Crippen LogP contribution in [-0.2, 0) is 6.42 Å². The van der Waals surface area contributed by atoms with Crippen molar-refractivity contribution in [1.29, 1.82) is 0 Å². The summed E-state index contributed by atoms with van der Waals surface area (Å²) in [6.45, 7) is 3.91. The number of anilines is 1. The van der Waals surface area contributed by atoms with Gasteiger partial charge in [-0.15, -0.1) is 0 Å². The molecule has 0 amide bonds. The minimum atomic E-state index is -0.0547. The lowest BCUT2D eigenvalue weighted by Crippen LogP contribution is -2.13. The Morgan fingerprint density at radius 1 is 1.24 bits per heavy atom. The fraction of sp³-hybridized carbons (Fsp3) is 0.353. The number of methoxy groups -OCH3 is 1. The molecule has 0 unspecified atom stereocenters. The number of nitrogens with zero attached hydrogens (tertiary/aromatic N) is 1. The molecular weight excluding hydrogens is 264 g/mol. The SMILES string of the molecule is CCc1cc(C)c(=O)[nH]c1-c1ccc(N(C)C)cc1OC. The van der Waals surface area contributed by atoms with Gasteiger partial charge in [-0.05, 0) is 37.1 Å². The van der Waals surface area contributed by atoms with Crippen LogP contribution in [0.3, 0.4) is 0 Å². The van der Waals surface area contributed by atoms with Gasteiger partial charge in [0.05, 0.1) is 12.8 Å². The molecule has 0 bridgehead atoms. The van der Waals surface area contributed by atoms with Crippen LogP contribution >= 0.6 is 0 Å². The first-order valence-corrected chi connectivity index (χ1v) is 7.06. The van der Waals surface area contributed by atoms with Gasteiger partial charge in [-0.1, -0.05) is 6.92 Å². The molecule has 1 aromatic heterocycles. The Morgan fingerprint density at radius 3 is 2.52 bits per heavy atom. The van der Waals surface area contributed by atoms with E-state index in [1.807, 2.05) is 50.2 Å². The van der Waals surface area contributed by atoms with E-state index >= 15 is 0 Å². The number of aromatic nitrogens is 1. The van der Waals surface area contributed by atoms with Crippen LogP contribution in [0, 0.1) is 6.92 Å². The van der Waals surface area contributed by atoms with E-state index in [1.165, 1.54) is 0 Å². The van der Waals surface area contributed by atoms with E-state index in [2.05, 4.69) is 11.9 Å². The van der Waals surface area contributed by atoms with Crippen molar-refractivity contribution in [2.75, 3.05) is 26.1 Å². The number of benzene rings is 1. The van der Waals surface area contributed by atoms with Gasteiger partial charge in [0.25, 0.3) is 5.56 Å². The number of hydrogen-bond acceptors (Lipinski definition) is 3. The molecule has 0 atom stereocenters. The second kappa shape index (κ2) is 6.04. The number of H-pyrrole nitrogens is 1. The third-order valence-corrected chi connectivity index (χ3v) is 3.66. The zero-order chi connectivity index (χ0) is 15.6. The first-order valence-electron chi connectivity index (χ1n) is 7.06. The molecule has 1 aromatic carbocycles. The number of ether oxygens (including phenoxy) is 1. The van der Waals surface area contributed by atoms with Crippen LogP contribution < -0.4 is 15.2 Å². The number of rotatable bonds is 4. The summed E-state index contributed by atoms with van der Waals surface area (Å²) < 4.78 is 5.51. The van der Waals surface area contributed by atoms with E-state index in [0.717, 1.165) is 40.2 Å². The third kappa shape index (κ3) is 2.94. The molecule has 0 radical (unpaired) electrons. The van der Waals surface area contributed by atoms with Crippen LogP contribution in [0.4, 0.5) is 5.69 Å². The van der Waals surface area contributed by atoms with Gasteiger partial charge in [-0.3, -0.25) is 4.79 Å². The van der Waals surface area contributed by atoms with Crippen molar-refractivity contribution in [3.63, 3.8) is 0 Å². The smallest absolute Gasteiger partial charge is 0.251 e. The van der Waals surface area contributed by atoms with Crippen LogP contribution in [0.15, 0.2) is 29.1 Å². The van der Waals surface area contributed by atoms with Gasteiger partial charge in [0.2, 0.25) is 0 Å². The lowest BCUT2D eigenvalue weighted by atomic mass is 10.0. The summed E-state index contributed by atoms with van der Waals surface area (Å²) in [5.74, 6) is 0.760. The zero-order valence-electron chi connectivity index (χ0n) is 13.3. The number of nitrogens with one attached hydrogen (secondary N) is 1. The van der Waals surface area contributed by atoms with Crippen LogP contribution in [0.2, 0.25) is 0 Å². The average Bonchev–Trinajstić information content (AvgIpc) is 2.48. The summed E-state index contributed by atoms with van der Waals surface area (Å²) in [7, 11) is 5.62. The average molecular weight is 286 g/mol. The Kier molecular flexibility index (Phi) is 4.36. The monoisotopic (exact) mass is 286 g/mol. The minimum absolute atomic E-state index is 0.0547. The Labute approximate surface area is 125 Å². The Hall–Kier alpha value is -2.23. The van der Waals surface area contributed by atoms with E-state index in [9.17, 15) is 4.79 Å². The van der Waals surface area contributed by atoms with Crippen molar-refractivity contribution >= 4 is 5.69 Å². The fourth-order valence-corrected chi connectivity index (χ4v) is 2.38. The second-order valence-electron chi connectivity index (χ2n) is 5.31. The molecule has 0 aliphatic rings. The maximum Gasteiger partial charge on any atom is 0.251 e. The zero-order valence-corrected chi connectivity index (χ0v) is 13.3. The Bertz CT molecular complexity index is 702. The van der Waals surface area contributed by atoms with Crippen molar-refractivity contribution in [2.24, 2.45) is 0 Å². The predicted molar refractivity (Wildman–Crippen MR) is 87.5 cm³/mol. The molecule has 1 N–H and O–H groups in total. The van der Waals surface area contributed by atoms with Gasteiger partial charge in [-0.25, -0.2) is 0 Å². The molecule has 112 valence electrons. The fourth-order valence-electron chi connectivity index (χ4n) is 2.38. The van der Waals surface area contributed by atoms with E-state index < -0.39 is 0 Å². The maximum atomic E-state index is 12.0. The minimum Gasteiger partial charge on any atom is -0.496 e. The molecule has 0 fully saturated rings. The van der Waals surface area contributed by atoms with E-state index in [4.69, 9.17) is 4.74 Å². The topological polar surface area (TPSA) is 45.3 Å². The van der Waals surface area contributed by atoms with Gasteiger partial charge in [-0.2, -0.15) is 0 Å². The summed E-state index contributed by atoms with van der Waals surface area (Å²) in [6.07, 6.45) is 0.853. The van der Waals surface area contributed by atoms with Crippen molar-refractivity contribution in [3.8, 4) is 17.0 Å². The normalized spacial score (nSPS) is 10.5. The van der Waals surface area contributed by atoms with Crippen molar-refractivity contribution in [3.05, 3.63) is 45.7 Å². The van der Waals surface area contributed by atoms with Crippen LogP contribution in [0.5, 0.6) is 5.75 Å². The first-order chi connectivity index (χ1) is 9.97. The molecule has 0 aliphatic heterocycles. The molecule has 1 heterocycles. The third-order valence-electron chi connectivity index (χ3n) is 3.66. The molecule has 0 saturated heterocycles. The lowest BCUT2D eigenvalue weighted by molar-refractivity contribution is 0.416. The summed E-state index contributed by atoms with van der Waals surface area (Å²) in [5, 5.41) is 0. The van der Waals surface area contributed by atoms with Gasteiger partial charge < -0.3 is 14.6 Å². The second-order valence-corrected chi connectivity index (χ2v) is 5.31. The number of pyridine rings is 1. The highest BCUT2D eigenvalue weighted by Crippen LogP contribution is 2.33. The van der Waals surface area contributed by atoms with E-state index in [-0.39, 0.29) is 5.56 Å². The van der Waals surface area contributed by atoms with Gasteiger partial charge in [0, 0.05) is 37.0 Å². The molecule has 2 rings (SSSR count). The highest BCUT2D eigenvalue weighted by Gasteiger charge is 2.13. The first kappa shape index (κ1) is 15.2. The quantitative estimate of drug-likeness (QED) is 0.939. The molecular formula is C17H22N2O2. The lowest BCUT2D eigenvalue weighted by Gasteiger charge is -2.17. The van der Waals surface area contributed by atoms with Crippen LogP contribution in [-0.4, -0.2) is 26.2 Å². The molecule has 0 aliphatic carbocycles. The van der Waals surface area contributed by atoms with Crippen molar-refractivity contribution in [1.82, 2.24) is 4.98 Å². The summed E-state index contributed by atoms with van der Waals surface area (Å²) in [5.41, 5.74) is 4.61. The summed E-state index contributed by atoms with van der Waals surface area (Å²) in [4.78, 5) is 17.0. The Morgan fingerprint density at radius 2 is 1.95 bits per heavy atom. The number of aryl methyl sites for hydroxylation is 2. The number of hydrogen-bond donors (Lipinski definition) is 1. The molecule has 21 heavy (non-hydrogen) atoms. The standard InChI is InChI=1S/C17H22N2O2/c1-6-12-9-11(2)17(20)18-16(12)14-8-7-13(19(3)4)10-15(14)21-5/h7-10H,6H2,1-5H3,(H,18,20). The van der Waals surface area contributed by atoms with Gasteiger partial charge in [0.15, 0.2) is 0 Å². The predicted octanol–water partition coefficient (Wildman–Crippen LogP) is 2.99. The van der Waals surface area contributed by atoms with E-state index in [0.29, 0.717) is 0 Å². The van der Waals surface area contributed by atoms with Gasteiger partial charge in [0.1, 0.15) is 5.75 Å². The largest absolute Gasteiger partial charge is 0.496 e. The summed E-state index contributed by atoms with van der Waals surface area (Å²) in [6, 6.07) is 7.95. The van der Waals surface area contributed by atoms with Crippen LogP contribution in [0.25, 0.3) is 11.3 Å². The molecule has 4 heteroatoms. The molecule has 0 spiro atoms. The van der Waals surface area contributed by atoms with Crippen molar-refractivity contribution in [2.45, 2.75) is 20.3 Å². The highest BCUT2D eigenvalue weighted by molar-refractivity contribution is 5.73. The highest BCUT2D eigenvalue weighted by atomic mass is 16.5. The Balaban J connectivity index is 2.66. The number of aromatic amines is 1. The molecule has 2 aromatic rings. The maximum absolute atomic E-state index is 12.0. The van der Waals surface area contributed by atoms with Crippen molar-refractivity contribution < 1.29 is 4.74 Å². The van der Waals surface area contributed by atoms with Crippen LogP contribution in [0.1, 0.15) is 18.1 Å². The van der Waals surface area contributed by atoms with E-state index in [1.54, 1.807) is 7.11 Å². The molecule has 4 nitrogen and oxygen atoms in total. The summed E-state index contributed by atoms with van der Waals surface area (Å²) >= 11 is 0.